The maximum Gasteiger partial charge on any atom is 0.191 e. The summed E-state index contributed by atoms with van der Waals surface area (Å²) < 4.78 is 13.4. The maximum absolute atomic E-state index is 5.68. The zero-order chi connectivity index (χ0) is 22.6. The third kappa shape index (κ3) is 6.87. The number of hydrogen-bond acceptors (Lipinski definition) is 5. The normalized spacial score (nSPS) is 13.9. The highest BCUT2D eigenvalue weighted by molar-refractivity contribution is 5.79. The molecule has 0 saturated heterocycles. The summed E-state index contributed by atoms with van der Waals surface area (Å²) >= 11 is 0. The predicted octanol–water partition coefficient (Wildman–Crippen LogP) is 3.14. The van der Waals surface area contributed by atoms with Gasteiger partial charge in [0.25, 0.3) is 0 Å². The molecule has 8 heteroatoms. The average molecular weight is 443 g/mol. The highest BCUT2D eigenvalue weighted by Crippen LogP contribution is 2.28. The van der Waals surface area contributed by atoms with E-state index < -0.39 is 0 Å². The molecule has 0 amide bonds. The molecule has 2 N–H and O–H groups in total. The average Bonchev–Trinajstić information content (AvgIpc) is 3.02. The van der Waals surface area contributed by atoms with Gasteiger partial charge in [-0.25, -0.2) is 0 Å². The summed E-state index contributed by atoms with van der Waals surface area (Å²) in [6, 6.07) is 6.13. The Morgan fingerprint density at radius 3 is 2.81 bits per heavy atom. The lowest BCUT2D eigenvalue weighted by Crippen LogP contribution is -2.38. The molecule has 0 saturated carbocycles. The summed E-state index contributed by atoms with van der Waals surface area (Å²) in [5.74, 6) is 4.65. The Hall–Kier alpha value is -2.77. The molecule has 8 nitrogen and oxygen atoms in total. The number of fused-ring (bicyclic) bond motifs is 1. The van der Waals surface area contributed by atoms with E-state index in [2.05, 4.69) is 44.5 Å². The summed E-state index contributed by atoms with van der Waals surface area (Å²) in [5, 5.41) is 15.6. The zero-order valence-electron chi connectivity index (χ0n) is 19.8. The standard InChI is InChI=1S/C24H38N6O2/c1-4-25-24(27-16-14-23-29-28-22-11-7-6-8-17-30(22)23)26-15-9-10-19-12-13-20(31-3)21(18-19)32-5-2/h12-13,18H,4-11,14-17H2,1-3H3,(H2,25,26,27). The summed E-state index contributed by atoms with van der Waals surface area (Å²) in [4.78, 5) is 4.74. The van der Waals surface area contributed by atoms with E-state index in [1.165, 1.54) is 24.8 Å². The predicted molar refractivity (Wildman–Crippen MR) is 128 cm³/mol. The van der Waals surface area contributed by atoms with Gasteiger partial charge in [0, 0.05) is 39.0 Å². The van der Waals surface area contributed by atoms with Crippen molar-refractivity contribution in [3.8, 4) is 11.5 Å². The lowest BCUT2D eigenvalue weighted by Gasteiger charge is -2.12. The van der Waals surface area contributed by atoms with Gasteiger partial charge in [0.1, 0.15) is 11.6 Å². The Balaban J connectivity index is 1.47. The van der Waals surface area contributed by atoms with Crippen LogP contribution in [0.15, 0.2) is 23.2 Å². The van der Waals surface area contributed by atoms with Crippen molar-refractivity contribution in [1.82, 2.24) is 25.4 Å². The van der Waals surface area contributed by atoms with Crippen molar-refractivity contribution in [2.45, 2.75) is 65.3 Å². The first-order valence-electron chi connectivity index (χ1n) is 12.0. The SMILES string of the molecule is CCNC(=NCCCc1ccc(OC)c(OCC)c1)NCCc1nnc2n1CCCCC2. The van der Waals surface area contributed by atoms with Crippen LogP contribution in [0.5, 0.6) is 11.5 Å². The van der Waals surface area contributed by atoms with Crippen LogP contribution in [-0.4, -0.2) is 54.1 Å². The fraction of sp³-hybridized carbons (Fsp3) is 0.625. The molecule has 1 aliphatic rings. The highest BCUT2D eigenvalue weighted by atomic mass is 16.5. The molecule has 3 rings (SSSR count). The number of rotatable bonds is 11. The fourth-order valence-corrected chi connectivity index (χ4v) is 3.98. The van der Waals surface area contributed by atoms with Crippen LogP contribution in [-0.2, 0) is 25.8 Å². The smallest absolute Gasteiger partial charge is 0.191 e. The molecule has 1 aromatic heterocycles. The lowest BCUT2D eigenvalue weighted by atomic mass is 10.1. The van der Waals surface area contributed by atoms with Crippen LogP contribution >= 0.6 is 0 Å². The molecule has 0 unspecified atom stereocenters. The van der Waals surface area contributed by atoms with Crippen molar-refractivity contribution in [2.75, 3.05) is 33.4 Å². The lowest BCUT2D eigenvalue weighted by molar-refractivity contribution is 0.310. The molecule has 1 aliphatic heterocycles. The molecule has 0 spiro atoms. The summed E-state index contributed by atoms with van der Waals surface area (Å²) in [7, 11) is 1.67. The van der Waals surface area contributed by atoms with Crippen LogP contribution < -0.4 is 20.1 Å². The number of aliphatic imine (C=N–C) groups is 1. The number of nitrogens with zero attached hydrogens (tertiary/aromatic N) is 4. The fourth-order valence-electron chi connectivity index (χ4n) is 3.98. The first kappa shape index (κ1) is 23.9. The second-order valence-corrected chi connectivity index (χ2v) is 7.95. The maximum atomic E-state index is 5.68. The first-order valence-corrected chi connectivity index (χ1v) is 12.0. The van der Waals surface area contributed by atoms with Crippen LogP contribution in [0.4, 0.5) is 0 Å². The van der Waals surface area contributed by atoms with E-state index in [0.717, 1.165) is 81.0 Å². The summed E-state index contributed by atoms with van der Waals surface area (Å²) in [5.41, 5.74) is 1.23. The van der Waals surface area contributed by atoms with Crippen LogP contribution in [0.2, 0.25) is 0 Å². The Labute approximate surface area is 191 Å². The van der Waals surface area contributed by atoms with Gasteiger partial charge in [-0.05, 0) is 57.2 Å². The van der Waals surface area contributed by atoms with E-state index in [4.69, 9.17) is 14.5 Å². The number of nitrogens with one attached hydrogen (secondary N) is 2. The zero-order valence-corrected chi connectivity index (χ0v) is 19.8. The minimum Gasteiger partial charge on any atom is -0.493 e. The second kappa shape index (κ2) is 12.9. The molecule has 0 bridgehead atoms. The van der Waals surface area contributed by atoms with E-state index in [1.54, 1.807) is 7.11 Å². The van der Waals surface area contributed by atoms with Crippen molar-refractivity contribution >= 4 is 5.96 Å². The van der Waals surface area contributed by atoms with Gasteiger partial charge in [0.2, 0.25) is 0 Å². The molecule has 2 aromatic rings. The van der Waals surface area contributed by atoms with Crippen LogP contribution in [0, 0.1) is 0 Å². The van der Waals surface area contributed by atoms with Crippen molar-refractivity contribution in [3.63, 3.8) is 0 Å². The minimum absolute atomic E-state index is 0.624. The van der Waals surface area contributed by atoms with E-state index >= 15 is 0 Å². The Kier molecular flexibility index (Phi) is 9.65. The number of guanidine groups is 1. The van der Waals surface area contributed by atoms with Gasteiger partial charge in [0.05, 0.1) is 13.7 Å². The molecule has 176 valence electrons. The van der Waals surface area contributed by atoms with Crippen LogP contribution in [0.3, 0.4) is 0 Å². The van der Waals surface area contributed by atoms with Gasteiger partial charge in [-0.1, -0.05) is 12.5 Å². The number of hydrogen-bond donors (Lipinski definition) is 2. The van der Waals surface area contributed by atoms with E-state index in [1.807, 2.05) is 13.0 Å². The molecule has 0 fully saturated rings. The summed E-state index contributed by atoms with van der Waals surface area (Å²) in [6.45, 7) is 8.12. The third-order valence-electron chi connectivity index (χ3n) is 5.59. The Morgan fingerprint density at radius 1 is 1.09 bits per heavy atom. The first-order chi connectivity index (χ1) is 15.7. The van der Waals surface area contributed by atoms with Crippen molar-refractivity contribution in [3.05, 3.63) is 35.4 Å². The Bertz CT molecular complexity index is 864. The van der Waals surface area contributed by atoms with Gasteiger partial charge in [-0.2, -0.15) is 0 Å². The van der Waals surface area contributed by atoms with Gasteiger partial charge in [-0.3, -0.25) is 4.99 Å². The molecule has 0 atom stereocenters. The van der Waals surface area contributed by atoms with E-state index in [0.29, 0.717) is 6.61 Å². The second-order valence-electron chi connectivity index (χ2n) is 7.95. The molecular formula is C24H38N6O2. The number of aromatic nitrogens is 3. The van der Waals surface area contributed by atoms with Gasteiger partial charge in [-0.15, -0.1) is 10.2 Å². The van der Waals surface area contributed by atoms with Gasteiger partial charge < -0.3 is 24.7 Å². The summed E-state index contributed by atoms with van der Waals surface area (Å²) in [6.07, 6.45) is 7.52. The monoisotopic (exact) mass is 442 g/mol. The number of ether oxygens (including phenoxy) is 2. The van der Waals surface area contributed by atoms with Crippen molar-refractivity contribution < 1.29 is 9.47 Å². The Morgan fingerprint density at radius 2 is 2.00 bits per heavy atom. The molecule has 1 aromatic carbocycles. The minimum atomic E-state index is 0.624. The van der Waals surface area contributed by atoms with Crippen molar-refractivity contribution in [2.24, 2.45) is 4.99 Å². The molecular weight excluding hydrogens is 404 g/mol. The molecule has 2 heterocycles. The number of methoxy groups -OCH3 is 1. The quantitative estimate of drug-likeness (QED) is 0.316. The molecule has 0 aliphatic carbocycles. The van der Waals surface area contributed by atoms with Gasteiger partial charge in [0.15, 0.2) is 17.5 Å². The number of aryl methyl sites for hydroxylation is 2. The molecule has 0 radical (unpaired) electrons. The highest BCUT2D eigenvalue weighted by Gasteiger charge is 2.14. The van der Waals surface area contributed by atoms with Crippen molar-refractivity contribution in [1.29, 1.82) is 0 Å². The number of benzene rings is 1. The molecule has 32 heavy (non-hydrogen) atoms. The van der Waals surface area contributed by atoms with Crippen LogP contribution in [0.25, 0.3) is 0 Å². The van der Waals surface area contributed by atoms with Gasteiger partial charge >= 0.3 is 0 Å². The third-order valence-corrected chi connectivity index (χ3v) is 5.59. The largest absolute Gasteiger partial charge is 0.493 e. The van der Waals surface area contributed by atoms with E-state index in [-0.39, 0.29) is 0 Å². The van der Waals surface area contributed by atoms with E-state index in [9.17, 15) is 0 Å². The van der Waals surface area contributed by atoms with Crippen LogP contribution in [0.1, 0.15) is 56.7 Å². The topological polar surface area (TPSA) is 85.6 Å².